The molecule has 0 aliphatic carbocycles. The third kappa shape index (κ3) is 3.75. The Hall–Kier alpha value is -3.22. The van der Waals surface area contributed by atoms with Crippen molar-refractivity contribution in [3.8, 4) is 0 Å². The summed E-state index contributed by atoms with van der Waals surface area (Å²) in [6.45, 7) is 2.81. The van der Waals surface area contributed by atoms with Gasteiger partial charge in [-0.1, -0.05) is 30.3 Å². The number of rotatable bonds is 5. The van der Waals surface area contributed by atoms with Crippen molar-refractivity contribution in [1.82, 2.24) is 25.1 Å². The number of aromatic nitrogens is 4. The highest BCUT2D eigenvalue weighted by atomic mass is 16.1. The summed E-state index contributed by atoms with van der Waals surface area (Å²) < 4.78 is 1.84. The molecule has 0 saturated heterocycles. The number of carbonyl (C=O) groups excluding carboxylic acids is 1. The summed E-state index contributed by atoms with van der Waals surface area (Å²) in [5, 5.41) is 7.16. The Morgan fingerprint density at radius 1 is 1.21 bits per heavy atom. The van der Waals surface area contributed by atoms with E-state index in [1.54, 1.807) is 13.1 Å². The molecule has 7 heteroatoms. The van der Waals surface area contributed by atoms with Gasteiger partial charge >= 0.3 is 0 Å². The maximum Gasteiger partial charge on any atom is 0.254 e. The molecule has 3 rings (SSSR count). The Morgan fingerprint density at radius 3 is 2.75 bits per heavy atom. The van der Waals surface area contributed by atoms with E-state index in [-0.39, 0.29) is 11.9 Å². The summed E-state index contributed by atoms with van der Waals surface area (Å²) in [7, 11) is 0. The Labute approximate surface area is 139 Å². The molecule has 7 nitrogen and oxygen atoms in total. The van der Waals surface area contributed by atoms with Crippen LogP contribution in [0.2, 0.25) is 0 Å². The second-order valence-electron chi connectivity index (χ2n) is 5.44. The number of nitrogens with one attached hydrogen (secondary N) is 1. The Kier molecular flexibility index (Phi) is 4.51. The molecule has 2 aromatic heterocycles. The van der Waals surface area contributed by atoms with Crippen LogP contribution in [0.1, 0.15) is 27.2 Å². The number of nitrogens with two attached hydrogens (primary N) is 1. The van der Waals surface area contributed by atoms with Crippen molar-refractivity contribution in [2.45, 2.75) is 20.0 Å². The number of aryl methyl sites for hydroxylation is 1. The third-order valence-electron chi connectivity index (χ3n) is 3.57. The van der Waals surface area contributed by atoms with Crippen molar-refractivity contribution in [2.75, 3.05) is 5.73 Å². The first-order valence-electron chi connectivity index (χ1n) is 7.54. The monoisotopic (exact) mass is 322 g/mol. The van der Waals surface area contributed by atoms with Crippen LogP contribution in [0.5, 0.6) is 0 Å². The van der Waals surface area contributed by atoms with Crippen LogP contribution >= 0.6 is 0 Å². The minimum atomic E-state index is -0.233. The standard InChI is InChI=1S/C17H18N6O/c1-12-15(9-20-17(18)22-12)16(24)19-7-14-8-21-23(11-14)10-13-5-3-2-4-6-13/h2-6,8-9,11H,7,10H2,1H3,(H,19,24)(H2,18,20,22). The Morgan fingerprint density at radius 2 is 2.00 bits per heavy atom. The minimum absolute atomic E-state index is 0.159. The maximum atomic E-state index is 12.2. The summed E-state index contributed by atoms with van der Waals surface area (Å²) >= 11 is 0. The van der Waals surface area contributed by atoms with Crippen molar-refractivity contribution in [2.24, 2.45) is 0 Å². The molecular formula is C17H18N6O. The van der Waals surface area contributed by atoms with Crippen molar-refractivity contribution in [3.05, 3.63) is 71.3 Å². The number of amides is 1. The lowest BCUT2D eigenvalue weighted by atomic mass is 10.2. The number of hydrogen-bond donors (Lipinski definition) is 2. The topological polar surface area (TPSA) is 98.7 Å². The molecule has 0 radical (unpaired) electrons. The van der Waals surface area contributed by atoms with Crippen LogP contribution in [0, 0.1) is 6.92 Å². The smallest absolute Gasteiger partial charge is 0.254 e. The molecule has 3 aromatic rings. The second-order valence-corrected chi connectivity index (χ2v) is 5.44. The predicted molar refractivity (Wildman–Crippen MR) is 90.1 cm³/mol. The molecule has 0 unspecified atom stereocenters. The molecule has 0 fully saturated rings. The lowest BCUT2D eigenvalue weighted by Gasteiger charge is -2.06. The van der Waals surface area contributed by atoms with E-state index in [2.05, 4.69) is 20.4 Å². The van der Waals surface area contributed by atoms with Crippen LogP contribution < -0.4 is 11.1 Å². The van der Waals surface area contributed by atoms with Gasteiger partial charge in [-0.05, 0) is 12.5 Å². The molecule has 0 atom stereocenters. The van der Waals surface area contributed by atoms with Gasteiger partial charge in [0.15, 0.2) is 0 Å². The molecule has 0 aliphatic heterocycles. The first kappa shape index (κ1) is 15.7. The largest absolute Gasteiger partial charge is 0.368 e. The highest BCUT2D eigenvalue weighted by molar-refractivity contribution is 5.94. The highest BCUT2D eigenvalue weighted by Crippen LogP contribution is 2.07. The molecule has 24 heavy (non-hydrogen) atoms. The summed E-state index contributed by atoms with van der Waals surface area (Å²) in [6, 6.07) is 10.1. The predicted octanol–water partition coefficient (Wildman–Crippen LogP) is 1.54. The Bertz CT molecular complexity index is 843. The van der Waals surface area contributed by atoms with E-state index in [1.807, 2.05) is 41.2 Å². The fourth-order valence-electron chi connectivity index (χ4n) is 2.34. The average Bonchev–Trinajstić information content (AvgIpc) is 3.01. The van der Waals surface area contributed by atoms with Gasteiger partial charge in [-0.2, -0.15) is 5.10 Å². The van der Waals surface area contributed by atoms with Gasteiger partial charge in [-0.15, -0.1) is 0 Å². The van der Waals surface area contributed by atoms with Gasteiger partial charge < -0.3 is 11.1 Å². The van der Waals surface area contributed by atoms with E-state index in [4.69, 9.17) is 5.73 Å². The number of nitrogens with zero attached hydrogens (tertiary/aromatic N) is 4. The summed E-state index contributed by atoms with van der Waals surface area (Å²) in [5.41, 5.74) is 8.56. The van der Waals surface area contributed by atoms with Crippen LogP contribution in [0.15, 0.2) is 48.9 Å². The Balaban J connectivity index is 1.60. The molecule has 1 amide bonds. The zero-order valence-electron chi connectivity index (χ0n) is 13.3. The fraction of sp³-hybridized carbons (Fsp3) is 0.176. The van der Waals surface area contributed by atoms with Gasteiger partial charge in [0.1, 0.15) is 0 Å². The van der Waals surface area contributed by atoms with Crippen molar-refractivity contribution >= 4 is 11.9 Å². The van der Waals surface area contributed by atoms with E-state index in [9.17, 15) is 4.79 Å². The molecule has 0 spiro atoms. The highest BCUT2D eigenvalue weighted by Gasteiger charge is 2.11. The second kappa shape index (κ2) is 6.91. The van der Waals surface area contributed by atoms with Crippen LogP contribution in [-0.4, -0.2) is 25.7 Å². The molecule has 122 valence electrons. The van der Waals surface area contributed by atoms with Crippen LogP contribution in [0.25, 0.3) is 0 Å². The molecule has 0 aliphatic rings. The first-order valence-corrected chi connectivity index (χ1v) is 7.54. The van der Waals surface area contributed by atoms with Gasteiger partial charge in [-0.25, -0.2) is 9.97 Å². The van der Waals surface area contributed by atoms with Gasteiger partial charge in [0.25, 0.3) is 5.91 Å². The molecule has 0 bridgehead atoms. The minimum Gasteiger partial charge on any atom is -0.368 e. The van der Waals surface area contributed by atoms with Gasteiger partial charge in [-0.3, -0.25) is 9.48 Å². The van der Waals surface area contributed by atoms with E-state index < -0.39 is 0 Å². The molecule has 0 saturated carbocycles. The van der Waals surface area contributed by atoms with E-state index >= 15 is 0 Å². The van der Waals surface area contributed by atoms with Crippen LogP contribution in [0.3, 0.4) is 0 Å². The molecule has 3 N–H and O–H groups in total. The third-order valence-corrected chi connectivity index (χ3v) is 3.57. The maximum absolute atomic E-state index is 12.2. The van der Waals surface area contributed by atoms with Crippen LogP contribution in [0.4, 0.5) is 5.95 Å². The molecule has 2 heterocycles. The average molecular weight is 322 g/mol. The summed E-state index contributed by atoms with van der Waals surface area (Å²) in [5.74, 6) is -0.0745. The van der Waals surface area contributed by atoms with Crippen LogP contribution in [-0.2, 0) is 13.1 Å². The van der Waals surface area contributed by atoms with Crippen molar-refractivity contribution in [3.63, 3.8) is 0 Å². The fourth-order valence-corrected chi connectivity index (χ4v) is 2.34. The number of carbonyl (C=O) groups is 1. The van der Waals surface area contributed by atoms with Gasteiger partial charge in [0.2, 0.25) is 5.95 Å². The summed E-state index contributed by atoms with van der Waals surface area (Å²) in [6.07, 6.45) is 5.10. The van der Waals surface area contributed by atoms with Crippen molar-refractivity contribution in [1.29, 1.82) is 0 Å². The summed E-state index contributed by atoms with van der Waals surface area (Å²) in [4.78, 5) is 20.0. The zero-order chi connectivity index (χ0) is 16.9. The van der Waals surface area contributed by atoms with E-state index in [0.717, 1.165) is 5.56 Å². The number of nitrogen functional groups attached to an aromatic ring is 1. The zero-order valence-corrected chi connectivity index (χ0v) is 13.3. The molecular weight excluding hydrogens is 304 g/mol. The lowest BCUT2D eigenvalue weighted by Crippen LogP contribution is -2.24. The van der Waals surface area contributed by atoms with E-state index in [1.165, 1.54) is 11.8 Å². The number of benzene rings is 1. The van der Waals surface area contributed by atoms with Crippen molar-refractivity contribution < 1.29 is 4.79 Å². The van der Waals surface area contributed by atoms with Gasteiger partial charge in [0.05, 0.1) is 24.0 Å². The number of hydrogen-bond acceptors (Lipinski definition) is 5. The normalized spacial score (nSPS) is 10.5. The SMILES string of the molecule is Cc1nc(N)ncc1C(=O)NCc1cnn(Cc2ccccc2)c1. The first-order chi connectivity index (χ1) is 11.6. The number of anilines is 1. The van der Waals surface area contributed by atoms with Gasteiger partial charge in [0, 0.05) is 24.5 Å². The quantitative estimate of drug-likeness (QED) is 0.742. The lowest BCUT2D eigenvalue weighted by molar-refractivity contribution is 0.0949. The van der Waals surface area contributed by atoms with E-state index in [0.29, 0.717) is 24.3 Å². The molecule has 1 aromatic carbocycles.